The zero-order valence-corrected chi connectivity index (χ0v) is 8.03. The van der Waals surface area contributed by atoms with Crippen molar-refractivity contribution in [2.24, 2.45) is 0 Å². The number of hydrogen-bond acceptors (Lipinski definition) is 3. The standard InChI is InChI=1S/C11H12N2O/c1-14-11-6-5-10(13)8-9(11)4-2-3-7-12/h2,4-6,8H,3,13H2,1H3. The van der Waals surface area contributed by atoms with Crippen LogP contribution in [-0.2, 0) is 0 Å². The van der Waals surface area contributed by atoms with Crippen LogP contribution in [0.1, 0.15) is 12.0 Å². The normalized spacial score (nSPS) is 10.0. The van der Waals surface area contributed by atoms with Crippen molar-refractivity contribution in [2.45, 2.75) is 6.42 Å². The lowest BCUT2D eigenvalue weighted by atomic mass is 10.1. The molecule has 0 aromatic heterocycles. The molecule has 0 atom stereocenters. The molecule has 0 heterocycles. The summed E-state index contributed by atoms with van der Waals surface area (Å²) in [4.78, 5) is 0. The molecule has 0 amide bonds. The summed E-state index contributed by atoms with van der Waals surface area (Å²) in [5.74, 6) is 0.758. The van der Waals surface area contributed by atoms with Gasteiger partial charge in [-0.3, -0.25) is 0 Å². The number of ether oxygens (including phenoxy) is 1. The lowest BCUT2D eigenvalue weighted by Gasteiger charge is -2.04. The largest absolute Gasteiger partial charge is 0.496 e. The van der Waals surface area contributed by atoms with Gasteiger partial charge in [0, 0.05) is 11.3 Å². The lowest BCUT2D eigenvalue weighted by molar-refractivity contribution is 0.414. The summed E-state index contributed by atoms with van der Waals surface area (Å²) < 4.78 is 5.14. The number of benzene rings is 1. The lowest BCUT2D eigenvalue weighted by Crippen LogP contribution is -1.90. The molecule has 0 aliphatic rings. The van der Waals surface area contributed by atoms with Crippen LogP contribution in [-0.4, -0.2) is 7.11 Å². The van der Waals surface area contributed by atoms with Gasteiger partial charge in [-0.25, -0.2) is 0 Å². The molecule has 1 aromatic rings. The fourth-order valence-electron chi connectivity index (χ4n) is 1.12. The van der Waals surface area contributed by atoms with Crippen molar-refractivity contribution in [3.63, 3.8) is 0 Å². The minimum atomic E-state index is 0.387. The first kappa shape index (κ1) is 10.1. The molecular weight excluding hydrogens is 176 g/mol. The van der Waals surface area contributed by atoms with Crippen LogP contribution in [0.15, 0.2) is 24.3 Å². The molecule has 0 unspecified atom stereocenters. The summed E-state index contributed by atoms with van der Waals surface area (Å²) in [5, 5.41) is 8.37. The first-order valence-corrected chi connectivity index (χ1v) is 4.25. The van der Waals surface area contributed by atoms with Gasteiger partial charge in [-0.1, -0.05) is 12.2 Å². The van der Waals surface area contributed by atoms with Crippen molar-refractivity contribution in [3.05, 3.63) is 29.8 Å². The number of methoxy groups -OCH3 is 1. The number of allylic oxidation sites excluding steroid dienone is 1. The van der Waals surface area contributed by atoms with Crippen molar-refractivity contribution < 1.29 is 4.74 Å². The molecule has 0 aliphatic carbocycles. The Bertz CT molecular complexity index is 377. The summed E-state index contributed by atoms with van der Waals surface area (Å²) in [6.07, 6.45) is 3.99. The Morgan fingerprint density at radius 2 is 2.36 bits per heavy atom. The maximum Gasteiger partial charge on any atom is 0.126 e. The monoisotopic (exact) mass is 188 g/mol. The minimum absolute atomic E-state index is 0.387. The van der Waals surface area contributed by atoms with Gasteiger partial charge in [0.2, 0.25) is 0 Å². The highest BCUT2D eigenvalue weighted by atomic mass is 16.5. The van der Waals surface area contributed by atoms with E-state index in [1.165, 1.54) is 0 Å². The number of nitrogen functional groups attached to an aromatic ring is 1. The molecule has 72 valence electrons. The highest BCUT2D eigenvalue weighted by molar-refractivity contribution is 5.62. The zero-order valence-electron chi connectivity index (χ0n) is 8.03. The van der Waals surface area contributed by atoms with Crippen molar-refractivity contribution in [1.82, 2.24) is 0 Å². The van der Waals surface area contributed by atoms with E-state index in [2.05, 4.69) is 0 Å². The average Bonchev–Trinajstić information content (AvgIpc) is 2.19. The highest BCUT2D eigenvalue weighted by Crippen LogP contribution is 2.22. The fraction of sp³-hybridized carbons (Fsp3) is 0.182. The third-order valence-corrected chi connectivity index (χ3v) is 1.76. The average molecular weight is 188 g/mol. The predicted octanol–water partition coefficient (Wildman–Crippen LogP) is 2.20. The molecule has 0 spiro atoms. The van der Waals surface area contributed by atoms with Crippen LogP contribution in [0.5, 0.6) is 5.75 Å². The number of rotatable bonds is 3. The molecule has 0 saturated heterocycles. The third-order valence-electron chi connectivity index (χ3n) is 1.76. The van der Waals surface area contributed by atoms with Gasteiger partial charge in [0.05, 0.1) is 19.6 Å². The molecule has 0 bridgehead atoms. The van der Waals surface area contributed by atoms with Crippen molar-refractivity contribution in [2.75, 3.05) is 12.8 Å². The Balaban J connectivity index is 2.94. The number of nitrogens with zero attached hydrogens (tertiary/aromatic N) is 1. The summed E-state index contributed by atoms with van der Waals surface area (Å²) in [7, 11) is 1.60. The smallest absolute Gasteiger partial charge is 0.126 e. The Kier molecular flexibility index (Phi) is 3.57. The first-order valence-electron chi connectivity index (χ1n) is 4.25. The predicted molar refractivity (Wildman–Crippen MR) is 56.7 cm³/mol. The van der Waals surface area contributed by atoms with E-state index < -0.39 is 0 Å². The van der Waals surface area contributed by atoms with Gasteiger partial charge in [-0.05, 0) is 18.2 Å². The van der Waals surface area contributed by atoms with E-state index in [9.17, 15) is 0 Å². The maximum atomic E-state index is 8.37. The molecule has 0 saturated carbocycles. The highest BCUT2D eigenvalue weighted by Gasteiger charge is 1.98. The third kappa shape index (κ3) is 2.53. The summed E-state index contributed by atoms with van der Waals surface area (Å²) in [5.41, 5.74) is 7.21. The molecule has 0 fully saturated rings. The SMILES string of the molecule is COc1ccc(N)cc1C=CCC#N. The van der Waals surface area contributed by atoms with E-state index in [4.69, 9.17) is 15.7 Å². The topological polar surface area (TPSA) is 59.0 Å². The van der Waals surface area contributed by atoms with Gasteiger partial charge in [-0.2, -0.15) is 5.26 Å². The van der Waals surface area contributed by atoms with Gasteiger partial charge < -0.3 is 10.5 Å². The van der Waals surface area contributed by atoms with Crippen LogP contribution in [0.2, 0.25) is 0 Å². The van der Waals surface area contributed by atoms with E-state index in [0.29, 0.717) is 12.1 Å². The summed E-state index contributed by atoms with van der Waals surface area (Å²) >= 11 is 0. The van der Waals surface area contributed by atoms with Crippen LogP contribution in [0.3, 0.4) is 0 Å². The van der Waals surface area contributed by atoms with Gasteiger partial charge in [0.1, 0.15) is 5.75 Å². The van der Waals surface area contributed by atoms with Gasteiger partial charge in [0.25, 0.3) is 0 Å². The molecule has 2 N–H and O–H groups in total. The van der Waals surface area contributed by atoms with Crippen LogP contribution in [0.4, 0.5) is 5.69 Å². The number of hydrogen-bond donors (Lipinski definition) is 1. The molecule has 0 aliphatic heterocycles. The minimum Gasteiger partial charge on any atom is -0.496 e. The molecule has 3 nitrogen and oxygen atoms in total. The second kappa shape index (κ2) is 4.93. The van der Waals surface area contributed by atoms with Crippen molar-refractivity contribution in [3.8, 4) is 11.8 Å². The molecule has 0 radical (unpaired) electrons. The zero-order chi connectivity index (χ0) is 10.4. The number of anilines is 1. The Labute approximate surface area is 83.4 Å². The number of nitriles is 1. The second-order valence-corrected chi connectivity index (χ2v) is 2.77. The molecule has 3 heteroatoms. The van der Waals surface area contributed by atoms with E-state index in [0.717, 1.165) is 11.3 Å². The Morgan fingerprint density at radius 3 is 3.00 bits per heavy atom. The van der Waals surface area contributed by atoms with E-state index in [-0.39, 0.29) is 0 Å². The number of nitrogens with two attached hydrogens (primary N) is 1. The van der Waals surface area contributed by atoms with Gasteiger partial charge >= 0.3 is 0 Å². The van der Waals surface area contributed by atoms with Crippen molar-refractivity contribution in [1.29, 1.82) is 5.26 Å². The van der Waals surface area contributed by atoms with Crippen molar-refractivity contribution >= 4 is 11.8 Å². The second-order valence-electron chi connectivity index (χ2n) is 2.77. The van der Waals surface area contributed by atoms with E-state index in [1.807, 2.05) is 18.2 Å². The quantitative estimate of drug-likeness (QED) is 0.740. The first-order chi connectivity index (χ1) is 6.77. The summed E-state index contributed by atoms with van der Waals surface area (Å²) in [6, 6.07) is 7.43. The van der Waals surface area contributed by atoms with Crippen LogP contribution < -0.4 is 10.5 Å². The summed E-state index contributed by atoms with van der Waals surface area (Å²) in [6.45, 7) is 0. The maximum absolute atomic E-state index is 8.37. The fourth-order valence-corrected chi connectivity index (χ4v) is 1.12. The van der Waals surface area contributed by atoms with Gasteiger partial charge in [-0.15, -0.1) is 0 Å². The molecule has 1 aromatic carbocycles. The molecule has 1 rings (SSSR count). The van der Waals surface area contributed by atoms with Crippen LogP contribution >= 0.6 is 0 Å². The molecular formula is C11H12N2O. The molecule has 14 heavy (non-hydrogen) atoms. The van der Waals surface area contributed by atoms with Gasteiger partial charge in [0.15, 0.2) is 0 Å². The Morgan fingerprint density at radius 1 is 1.57 bits per heavy atom. The van der Waals surface area contributed by atoms with E-state index >= 15 is 0 Å². The van der Waals surface area contributed by atoms with Crippen LogP contribution in [0, 0.1) is 11.3 Å². The van der Waals surface area contributed by atoms with E-state index in [1.54, 1.807) is 25.3 Å². The van der Waals surface area contributed by atoms with Crippen LogP contribution in [0.25, 0.3) is 6.08 Å². The Hall–Kier alpha value is -1.95.